The fourth-order valence-electron chi connectivity index (χ4n) is 3.95. The van der Waals surface area contributed by atoms with Gasteiger partial charge in [-0.3, -0.25) is 0 Å². The molecule has 4 heteroatoms. The van der Waals surface area contributed by atoms with Gasteiger partial charge in [-0.15, -0.1) is 0 Å². The van der Waals surface area contributed by atoms with Crippen molar-refractivity contribution < 1.29 is 0 Å². The average Bonchev–Trinajstić information content (AvgIpc) is 2.74. The summed E-state index contributed by atoms with van der Waals surface area (Å²) in [4.78, 5) is 0. The molecule has 0 N–H and O–H groups in total. The molecule has 0 aliphatic heterocycles. The first-order valence-corrected chi connectivity index (χ1v) is 10.9. The molecule has 0 unspecified atom stereocenters. The Balaban J connectivity index is 2.61. The van der Waals surface area contributed by atoms with Crippen LogP contribution in [0.4, 0.5) is 0 Å². The summed E-state index contributed by atoms with van der Waals surface area (Å²) in [5.74, 6) is 0. The predicted octanol–water partition coefficient (Wildman–Crippen LogP) is 3.72. The molecule has 0 bridgehead atoms. The van der Waals surface area contributed by atoms with Crippen LogP contribution in [0.5, 0.6) is 0 Å². The Morgan fingerprint density at radius 2 is 0.962 bits per heavy atom. The van der Waals surface area contributed by atoms with Crippen molar-refractivity contribution in [3.05, 3.63) is 91.0 Å². The van der Waals surface area contributed by atoms with E-state index in [-0.39, 0.29) is 0 Å². The van der Waals surface area contributed by atoms with E-state index >= 15 is 0 Å². The molecule has 0 saturated carbocycles. The zero-order valence-electron chi connectivity index (χ0n) is 14.7. The summed E-state index contributed by atoms with van der Waals surface area (Å²) in [6.07, 6.45) is 5.06. The zero-order valence-corrected chi connectivity index (χ0v) is 15.6. The van der Waals surface area contributed by atoms with E-state index in [0.29, 0.717) is 6.16 Å². The van der Waals surface area contributed by atoms with Gasteiger partial charge in [0.15, 0.2) is 0 Å². The summed E-state index contributed by atoms with van der Waals surface area (Å²) in [5, 5.41) is 23.1. The van der Waals surface area contributed by atoms with Crippen molar-refractivity contribution in [1.29, 1.82) is 10.5 Å². The third-order valence-electron chi connectivity index (χ3n) is 5.18. The monoisotopic (exact) mass is 357 g/mol. The molecule has 3 nitrogen and oxygen atoms in total. The Morgan fingerprint density at radius 3 is 1.19 bits per heavy atom. The summed E-state index contributed by atoms with van der Waals surface area (Å²) >= 11 is 0. The van der Waals surface area contributed by atoms with Crippen LogP contribution in [0.15, 0.2) is 91.0 Å². The molecule has 3 aromatic carbocycles. The standard InChI is InChI=1S/C22H20N3P/c1-2-26(25(18-23)19-24,20-12-6-3-7-13-20,21-14-8-4-9-15-21)22-16-10-5-11-17-22/h3-17H,2H2,1H3. The van der Waals surface area contributed by atoms with Gasteiger partial charge in [0.25, 0.3) is 0 Å². The van der Waals surface area contributed by atoms with Crippen molar-refractivity contribution in [1.82, 2.24) is 4.67 Å². The SMILES string of the molecule is CCP(c1ccccc1)(c1ccccc1)(c1ccccc1)N(C#N)C#N. The van der Waals surface area contributed by atoms with E-state index < -0.39 is 6.75 Å². The minimum absolute atomic E-state index is 0.644. The molecule has 128 valence electrons. The van der Waals surface area contributed by atoms with E-state index in [1.165, 1.54) is 4.67 Å². The van der Waals surface area contributed by atoms with Gasteiger partial charge in [-0.1, -0.05) is 0 Å². The van der Waals surface area contributed by atoms with Gasteiger partial charge in [-0.05, 0) is 0 Å². The van der Waals surface area contributed by atoms with Crippen molar-refractivity contribution in [2.45, 2.75) is 6.92 Å². The summed E-state index contributed by atoms with van der Waals surface area (Å²) in [7, 11) is 0. The van der Waals surface area contributed by atoms with Crippen LogP contribution in [0.1, 0.15) is 6.92 Å². The average molecular weight is 357 g/mol. The van der Waals surface area contributed by atoms with Gasteiger partial charge in [-0.25, -0.2) is 0 Å². The molecule has 0 heterocycles. The van der Waals surface area contributed by atoms with Crippen LogP contribution in [-0.2, 0) is 0 Å². The molecule has 0 radical (unpaired) electrons. The molecule has 26 heavy (non-hydrogen) atoms. The number of hydrogen-bond acceptors (Lipinski definition) is 3. The second kappa shape index (κ2) is 7.01. The summed E-state index contributed by atoms with van der Waals surface area (Å²) in [6, 6.07) is 30.0. The summed E-state index contributed by atoms with van der Waals surface area (Å²) in [5.41, 5.74) is 0. The first kappa shape index (κ1) is 17.7. The quantitative estimate of drug-likeness (QED) is 0.397. The molecular formula is C22H20N3P. The van der Waals surface area contributed by atoms with E-state index in [2.05, 4.69) is 19.3 Å². The van der Waals surface area contributed by atoms with Crippen LogP contribution in [-0.4, -0.2) is 10.8 Å². The van der Waals surface area contributed by atoms with Crippen molar-refractivity contribution in [3.63, 3.8) is 0 Å². The number of rotatable bonds is 5. The van der Waals surface area contributed by atoms with Gasteiger partial charge >= 0.3 is 154 Å². The fourth-order valence-corrected chi connectivity index (χ4v) is 9.75. The first-order chi connectivity index (χ1) is 12.7. The van der Waals surface area contributed by atoms with Gasteiger partial charge in [0.1, 0.15) is 0 Å². The Bertz CT molecular complexity index is 844. The number of benzene rings is 3. The van der Waals surface area contributed by atoms with E-state index in [0.717, 1.165) is 15.9 Å². The van der Waals surface area contributed by atoms with Crippen LogP contribution in [0.2, 0.25) is 0 Å². The number of nitrogens with zero attached hydrogens (tertiary/aromatic N) is 3. The maximum absolute atomic E-state index is 10.0. The molecule has 0 aromatic heterocycles. The minimum atomic E-state index is -3.48. The van der Waals surface area contributed by atoms with Crippen LogP contribution < -0.4 is 15.9 Å². The second-order valence-electron chi connectivity index (χ2n) is 6.09. The Morgan fingerprint density at radius 1 is 0.654 bits per heavy atom. The Kier molecular flexibility index (Phi) is 4.77. The van der Waals surface area contributed by atoms with E-state index in [4.69, 9.17) is 0 Å². The second-order valence-corrected chi connectivity index (χ2v) is 11.2. The third kappa shape index (κ3) is 2.22. The molecule has 3 rings (SSSR count). The van der Waals surface area contributed by atoms with Gasteiger partial charge in [0.2, 0.25) is 0 Å². The molecular weight excluding hydrogens is 337 g/mol. The Labute approximate surface area is 154 Å². The molecule has 0 fully saturated rings. The van der Waals surface area contributed by atoms with Crippen LogP contribution in [0, 0.1) is 22.9 Å². The predicted molar refractivity (Wildman–Crippen MR) is 109 cm³/mol. The molecule has 0 aliphatic carbocycles. The molecule has 0 amide bonds. The van der Waals surface area contributed by atoms with Crippen LogP contribution >= 0.6 is 6.75 Å². The molecule has 0 spiro atoms. The van der Waals surface area contributed by atoms with E-state index in [1.54, 1.807) is 0 Å². The first-order valence-electron chi connectivity index (χ1n) is 8.52. The van der Waals surface area contributed by atoms with Crippen molar-refractivity contribution >= 4 is 22.7 Å². The molecule has 3 aromatic rings. The van der Waals surface area contributed by atoms with Gasteiger partial charge in [0, 0.05) is 0 Å². The molecule has 0 atom stereocenters. The topological polar surface area (TPSA) is 50.8 Å². The maximum atomic E-state index is 10.0. The van der Waals surface area contributed by atoms with E-state index in [9.17, 15) is 10.5 Å². The van der Waals surface area contributed by atoms with E-state index in [1.807, 2.05) is 91.0 Å². The van der Waals surface area contributed by atoms with Gasteiger partial charge in [-0.2, -0.15) is 0 Å². The number of hydrogen-bond donors (Lipinski definition) is 0. The molecule has 0 saturated heterocycles. The van der Waals surface area contributed by atoms with Crippen molar-refractivity contribution in [3.8, 4) is 12.4 Å². The summed E-state index contributed by atoms with van der Waals surface area (Å²) in [6.45, 7) is -1.41. The van der Waals surface area contributed by atoms with Crippen molar-refractivity contribution in [2.75, 3.05) is 6.16 Å². The van der Waals surface area contributed by atoms with Crippen molar-refractivity contribution in [2.24, 2.45) is 0 Å². The Hall–Kier alpha value is -3.13. The third-order valence-corrected chi connectivity index (χ3v) is 11.7. The van der Waals surface area contributed by atoms with Gasteiger partial charge < -0.3 is 0 Å². The zero-order chi connectivity index (χ0) is 18.5. The van der Waals surface area contributed by atoms with Gasteiger partial charge in [0.05, 0.1) is 0 Å². The van der Waals surface area contributed by atoms with Crippen LogP contribution in [0.3, 0.4) is 0 Å². The molecule has 0 aliphatic rings. The fraction of sp³-hybridized carbons (Fsp3) is 0.0909. The summed E-state index contributed by atoms with van der Waals surface area (Å²) < 4.78 is 1.37. The normalized spacial score (nSPS) is 12.2. The number of nitriles is 2. The van der Waals surface area contributed by atoms with Crippen LogP contribution in [0.25, 0.3) is 0 Å².